The Morgan fingerprint density at radius 3 is 2.91 bits per heavy atom. The molecule has 160 valence electrons. The van der Waals surface area contributed by atoms with Crippen molar-refractivity contribution >= 4 is 23.2 Å². The number of rotatable bonds is 4. The van der Waals surface area contributed by atoms with Gasteiger partial charge < -0.3 is 14.4 Å². The smallest absolute Gasteiger partial charge is 0.232 e. The molecule has 3 aromatic rings. The molecule has 5 rings (SSSR count). The van der Waals surface area contributed by atoms with E-state index in [1.165, 1.54) is 11.1 Å². The monoisotopic (exact) mass is 425 g/mol. The van der Waals surface area contributed by atoms with Crippen molar-refractivity contribution in [2.75, 3.05) is 22.9 Å². The molecular weight excluding hydrogens is 402 g/mol. The third-order valence-corrected chi connectivity index (χ3v) is 6.37. The SMILES string of the molecule is Cn1cncc1Cc1ccc2c(c1)CCN2C(=O)[C@H]1CC(=O)N(c2cccc(C#N)c2)C1. The van der Waals surface area contributed by atoms with E-state index in [0.29, 0.717) is 24.3 Å². The molecule has 1 fully saturated rings. The van der Waals surface area contributed by atoms with Crippen LogP contribution >= 0.6 is 0 Å². The fourth-order valence-corrected chi connectivity index (χ4v) is 4.64. The molecule has 32 heavy (non-hydrogen) atoms. The van der Waals surface area contributed by atoms with Crippen LogP contribution in [-0.4, -0.2) is 34.5 Å². The Labute approximate surface area is 186 Å². The number of fused-ring (bicyclic) bond motifs is 1. The summed E-state index contributed by atoms with van der Waals surface area (Å²) in [6.45, 7) is 0.981. The minimum atomic E-state index is -0.381. The zero-order valence-corrected chi connectivity index (χ0v) is 17.9. The highest BCUT2D eigenvalue weighted by atomic mass is 16.2. The number of hydrogen-bond donors (Lipinski definition) is 0. The summed E-state index contributed by atoms with van der Waals surface area (Å²) >= 11 is 0. The zero-order valence-electron chi connectivity index (χ0n) is 17.9. The van der Waals surface area contributed by atoms with Crippen molar-refractivity contribution in [3.8, 4) is 6.07 Å². The average molecular weight is 425 g/mol. The van der Waals surface area contributed by atoms with Crippen LogP contribution in [0.4, 0.5) is 11.4 Å². The van der Waals surface area contributed by atoms with E-state index in [4.69, 9.17) is 5.26 Å². The molecule has 2 aliphatic rings. The van der Waals surface area contributed by atoms with Gasteiger partial charge in [-0.15, -0.1) is 0 Å². The van der Waals surface area contributed by atoms with Gasteiger partial charge in [-0.25, -0.2) is 4.98 Å². The van der Waals surface area contributed by atoms with E-state index >= 15 is 0 Å². The van der Waals surface area contributed by atoms with Crippen molar-refractivity contribution in [2.24, 2.45) is 13.0 Å². The maximum absolute atomic E-state index is 13.3. The lowest BCUT2D eigenvalue weighted by Crippen LogP contribution is -2.36. The molecule has 0 unspecified atom stereocenters. The maximum atomic E-state index is 13.3. The standard InChI is InChI=1S/C25H23N5O2/c1-28-16-27-14-22(28)10-17-5-6-23-19(9-17)7-8-29(23)25(32)20-12-24(31)30(15-20)21-4-2-3-18(11-21)13-26/h2-6,9,11,14,16,20H,7-8,10,12,15H2,1H3/t20-/m0/s1. The molecule has 1 aromatic heterocycles. The number of benzene rings is 2. The fraction of sp³-hybridized carbons (Fsp3) is 0.280. The highest BCUT2D eigenvalue weighted by molar-refractivity contribution is 6.05. The van der Waals surface area contributed by atoms with Crippen molar-refractivity contribution in [2.45, 2.75) is 19.3 Å². The van der Waals surface area contributed by atoms with Crippen LogP contribution in [-0.2, 0) is 29.5 Å². The Morgan fingerprint density at radius 1 is 1.25 bits per heavy atom. The average Bonchev–Trinajstić information content (AvgIpc) is 3.52. The molecule has 0 aliphatic carbocycles. The summed E-state index contributed by atoms with van der Waals surface area (Å²) in [4.78, 5) is 33.6. The van der Waals surface area contributed by atoms with E-state index in [-0.39, 0.29) is 24.2 Å². The van der Waals surface area contributed by atoms with Crippen molar-refractivity contribution in [3.05, 3.63) is 77.4 Å². The molecule has 2 aromatic carbocycles. The highest BCUT2D eigenvalue weighted by Gasteiger charge is 2.39. The van der Waals surface area contributed by atoms with Crippen LogP contribution in [0.1, 0.15) is 28.8 Å². The number of aromatic nitrogens is 2. The summed E-state index contributed by atoms with van der Waals surface area (Å²) in [5, 5.41) is 9.13. The Hall–Kier alpha value is -3.92. The quantitative estimate of drug-likeness (QED) is 0.644. The maximum Gasteiger partial charge on any atom is 0.232 e. The molecule has 1 atom stereocenters. The van der Waals surface area contributed by atoms with Crippen LogP contribution in [0.15, 0.2) is 55.0 Å². The molecule has 2 amide bonds. The van der Waals surface area contributed by atoms with Gasteiger partial charge in [-0.2, -0.15) is 5.26 Å². The first-order valence-corrected chi connectivity index (χ1v) is 10.7. The number of hydrogen-bond acceptors (Lipinski definition) is 4. The molecule has 7 heteroatoms. The first-order valence-electron chi connectivity index (χ1n) is 10.7. The van der Waals surface area contributed by atoms with Gasteiger partial charge >= 0.3 is 0 Å². The van der Waals surface area contributed by atoms with Gasteiger partial charge in [0.15, 0.2) is 0 Å². The van der Waals surface area contributed by atoms with Gasteiger partial charge in [0.05, 0.1) is 23.9 Å². The number of anilines is 2. The lowest BCUT2D eigenvalue weighted by molar-refractivity contribution is -0.124. The Kier molecular flexibility index (Phi) is 4.98. The third kappa shape index (κ3) is 3.54. The van der Waals surface area contributed by atoms with E-state index in [1.54, 1.807) is 35.5 Å². The third-order valence-electron chi connectivity index (χ3n) is 6.37. The Balaban J connectivity index is 1.31. The van der Waals surface area contributed by atoms with Gasteiger partial charge in [0.25, 0.3) is 0 Å². The van der Waals surface area contributed by atoms with Crippen LogP contribution in [0.5, 0.6) is 0 Å². The van der Waals surface area contributed by atoms with Crippen LogP contribution in [0.25, 0.3) is 0 Å². The van der Waals surface area contributed by atoms with Crippen LogP contribution in [0.2, 0.25) is 0 Å². The number of amides is 2. The minimum absolute atomic E-state index is 0.00424. The minimum Gasteiger partial charge on any atom is -0.337 e. The molecule has 0 N–H and O–H groups in total. The molecule has 0 bridgehead atoms. The highest BCUT2D eigenvalue weighted by Crippen LogP contribution is 2.33. The molecule has 0 saturated carbocycles. The van der Waals surface area contributed by atoms with E-state index in [1.807, 2.05) is 28.8 Å². The normalized spacial score (nSPS) is 17.5. The second-order valence-electron chi connectivity index (χ2n) is 8.44. The van der Waals surface area contributed by atoms with E-state index in [9.17, 15) is 9.59 Å². The second-order valence-corrected chi connectivity index (χ2v) is 8.44. The molecule has 3 heterocycles. The molecule has 0 radical (unpaired) electrons. The van der Waals surface area contributed by atoms with Gasteiger partial charge in [-0.3, -0.25) is 9.59 Å². The van der Waals surface area contributed by atoms with Gasteiger partial charge in [0.2, 0.25) is 11.8 Å². The largest absolute Gasteiger partial charge is 0.337 e. The lowest BCUT2D eigenvalue weighted by Gasteiger charge is -2.22. The number of aryl methyl sites for hydroxylation is 1. The van der Waals surface area contributed by atoms with Crippen LogP contribution in [0.3, 0.4) is 0 Å². The molecule has 1 saturated heterocycles. The first kappa shape index (κ1) is 20.0. The lowest BCUT2D eigenvalue weighted by atomic mass is 10.0. The predicted octanol–water partition coefficient (Wildman–Crippen LogP) is 2.82. The van der Waals surface area contributed by atoms with Gasteiger partial charge in [-0.05, 0) is 41.8 Å². The van der Waals surface area contributed by atoms with Gasteiger partial charge in [0, 0.05) is 56.2 Å². The summed E-state index contributed by atoms with van der Waals surface area (Å²) in [7, 11) is 1.98. The Bertz CT molecular complexity index is 1260. The van der Waals surface area contributed by atoms with Crippen molar-refractivity contribution < 1.29 is 9.59 Å². The molecule has 2 aliphatic heterocycles. The number of carbonyl (C=O) groups is 2. The van der Waals surface area contributed by atoms with E-state index in [0.717, 1.165) is 24.2 Å². The second kappa shape index (κ2) is 7.97. The summed E-state index contributed by atoms with van der Waals surface area (Å²) in [5.74, 6) is -0.465. The Morgan fingerprint density at radius 2 is 2.12 bits per heavy atom. The van der Waals surface area contributed by atoms with Crippen molar-refractivity contribution in [3.63, 3.8) is 0 Å². The first-order chi connectivity index (χ1) is 15.5. The van der Waals surface area contributed by atoms with E-state index in [2.05, 4.69) is 23.2 Å². The zero-order chi connectivity index (χ0) is 22.2. The molecule has 7 nitrogen and oxygen atoms in total. The number of nitriles is 1. The van der Waals surface area contributed by atoms with Crippen LogP contribution in [0, 0.1) is 17.2 Å². The van der Waals surface area contributed by atoms with Crippen molar-refractivity contribution in [1.82, 2.24) is 9.55 Å². The molecular formula is C25H23N5O2. The summed E-state index contributed by atoms with van der Waals surface area (Å²) < 4.78 is 2.01. The fourth-order valence-electron chi connectivity index (χ4n) is 4.64. The van der Waals surface area contributed by atoms with Crippen molar-refractivity contribution in [1.29, 1.82) is 5.26 Å². The van der Waals surface area contributed by atoms with Gasteiger partial charge in [0.1, 0.15) is 0 Å². The summed E-state index contributed by atoms with van der Waals surface area (Å²) in [5.41, 5.74) is 5.62. The molecule has 0 spiro atoms. The van der Waals surface area contributed by atoms with E-state index < -0.39 is 0 Å². The number of nitrogens with zero attached hydrogens (tertiary/aromatic N) is 5. The predicted molar refractivity (Wildman–Crippen MR) is 120 cm³/mol. The van der Waals surface area contributed by atoms with Gasteiger partial charge in [-0.1, -0.05) is 18.2 Å². The summed E-state index contributed by atoms with van der Waals surface area (Å²) in [6.07, 6.45) is 5.48. The summed E-state index contributed by atoms with van der Waals surface area (Å²) in [6, 6.07) is 15.3. The topological polar surface area (TPSA) is 82.2 Å². The number of imidazole rings is 1. The number of carbonyl (C=O) groups excluding carboxylic acids is 2. The van der Waals surface area contributed by atoms with Crippen LogP contribution < -0.4 is 9.80 Å².